The van der Waals surface area contributed by atoms with Gasteiger partial charge in [-0.1, -0.05) is 206 Å². The fraction of sp³-hybridized carbons (Fsp3) is 0.0556. The van der Waals surface area contributed by atoms with Gasteiger partial charge >= 0.3 is 0 Å². The van der Waals surface area contributed by atoms with Crippen LogP contribution in [0.1, 0.15) is 52.8 Å². The highest BCUT2D eigenvalue weighted by Gasteiger charge is 2.21. The predicted molar refractivity (Wildman–Crippen MR) is 491 cm³/mol. The molecule has 16 aromatic carbocycles. The van der Waals surface area contributed by atoms with Crippen LogP contribution in [0.4, 0.5) is 17.1 Å². The number of benzene rings is 16. The molecule has 0 spiro atoms. The average molecular weight is 1470 g/mol. The van der Waals surface area contributed by atoms with E-state index in [4.69, 9.17) is 0 Å². The molecular weight excluding hydrogens is 1400 g/mol. The Morgan fingerprint density at radius 3 is 0.783 bits per heavy atom. The summed E-state index contributed by atoms with van der Waals surface area (Å²) in [5.74, 6) is 0. The van der Waals surface area contributed by atoms with Gasteiger partial charge in [-0.05, 0) is 247 Å². The Morgan fingerprint density at radius 2 is 0.452 bits per heavy atom. The van der Waals surface area contributed by atoms with E-state index >= 15 is 0 Å². The Morgan fingerprint density at radius 1 is 0.209 bits per heavy atom. The molecule has 0 radical (unpaired) electrons. The summed E-state index contributed by atoms with van der Waals surface area (Å²) < 4.78 is 14.6. The van der Waals surface area contributed by atoms with Gasteiger partial charge < -0.3 is 32.3 Å². The molecule has 7 nitrogen and oxygen atoms in total. The van der Waals surface area contributed by atoms with E-state index in [2.05, 4.69) is 441 Å². The van der Waals surface area contributed by atoms with Crippen LogP contribution >= 0.6 is 0 Å². The zero-order valence-electron chi connectivity index (χ0n) is 64.0. The largest absolute Gasteiger partial charge is 0.341 e. The Balaban J connectivity index is 0.566. The lowest BCUT2D eigenvalue weighted by Crippen LogP contribution is -2.10. The topological polar surface area (TPSA) is 32.8 Å². The van der Waals surface area contributed by atoms with Gasteiger partial charge in [-0.15, -0.1) is 0 Å². The molecule has 22 rings (SSSR count). The molecule has 6 aromatic heterocycles. The maximum Gasteiger partial charge on any atom is 0.0541 e. The standard InChI is InChI=1S/C108H79N7/c1-3-109-97-29-13-5-25-89(97)93-68-72(43-59-100(93)109)37-40-76-65-77(41-38-73-44-60-101-94(69-73)90-26-6-14-30-98(90)110(101)4-2)67-78(66-76)42-39-74-45-61-102-95(70-74)91-27-7-15-31-99(91)111(102)64-63-75-46-62-108-96(71-75)92-28-12-20-36-107(92)115(108)84-57-51-81(52-58-84)112(79-47-53-82(54-48-79)113-103-32-16-8-21-85(103)86-22-9-17-33-104(86)113)80-49-55-83(56-50-80)114-105-34-18-10-23-87(105)88-24-11-19-35-106(88)114/h5-62,65-71H,3-4,63-64H2,1-2H3/b40-37+,41-38+,42-39+. The average Bonchev–Trinajstić information content (AvgIpc) is 1.62. The van der Waals surface area contributed by atoms with Crippen LogP contribution in [0.25, 0.3) is 184 Å². The van der Waals surface area contributed by atoms with Gasteiger partial charge in [0.15, 0.2) is 0 Å². The second kappa shape index (κ2) is 27.7. The highest BCUT2D eigenvalue weighted by molar-refractivity contribution is 6.14. The first-order valence-corrected chi connectivity index (χ1v) is 40.2. The molecule has 0 amide bonds. The molecule has 0 atom stereocenters. The van der Waals surface area contributed by atoms with Crippen LogP contribution in [0.3, 0.4) is 0 Å². The molecule has 115 heavy (non-hydrogen) atoms. The third-order valence-corrected chi connectivity index (χ3v) is 24.0. The first-order valence-electron chi connectivity index (χ1n) is 40.2. The molecule has 22 aromatic rings. The number of rotatable bonds is 17. The van der Waals surface area contributed by atoms with E-state index in [0.717, 1.165) is 82.4 Å². The molecule has 0 bridgehead atoms. The molecule has 6 heterocycles. The monoisotopic (exact) mass is 1470 g/mol. The molecule has 0 saturated carbocycles. The molecule has 0 N–H and O–H groups in total. The number of aryl methyl sites for hydroxylation is 4. The van der Waals surface area contributed by atoms with Gasteiger partial charge in [-0.2, -0.15) is 0 Å². The number of anilines is 3. The quantitative estimate of drug-likeness (QED) is 0.0837. The maximum atomic E-state index is 2.53. The fourth-order valence-corrected chi connectivity index (χ4v) is 18.8. The van der Waals surface area contributed by atoms with Crippen LogP contribution in [0.2, 0.25) is 0 Å². The number of para-hydroxylation sites is 8. The molecule has 0 fully saturated rings. The fourth-order valence-electron chi connectivity index (χ4n) is 18.8. The number of hydrogen-bond donors (Lipinski definition) is 0. The highest BCUT2D eigenvalue weighted by Crippen LogP contribution is 2.43. The van der Waals surface area contributed by atoms with Crippen LogP contribution < -0.4 is 4.90 Å². The molecule has 0 aliphatic carbocycles. The van der Waals surface area contributed by atoms with Gasteiger partial charge in [-0.25, -0.2) is 0 Å². The van der Waals surface area contributed by atoms with Gasteiger partial charge in [0, 0.05) is 151 Å². The van der Waals surface area contributed by atoms with E-state index < -0.39 is 0 Å². The van der Waals surface area contributed by atoms with Crippen LogP contribution in [0.5, 0.6) is 0 Å². The van der Waals surface area contributed by atoms with Crippen molar-refractivity contribution in [3.63, 3.8) is 0 Å². The Labute approximate surface area is 666 Å². The summed E-state index contributed by atoms with van der Waals surface area (Å²) in [6, 6.07) is 132. The minimum Gasteiger partial charge on any atom is -0.341 e. The van der Waals surface area contributed by atoms with E-state index in [0.29, 0.717) is 0 Å². The lowest BCUT2D eigenvalue weighted by molar-refractivity contribution is 0.745. The molecule has 0 aliphatic rings. The predicted octanol–water partition coefficient (Wildman–Crippen LogP) is 28.6. The minimum absolute atomic E-state index is 0.829. The zero-order chi connectivity index (χ0) is 76.2. The van der Waals surface area contributed by atoms with Crippen molar-refractivity contribution in [3.05, 3.63) is 397 Å². The Kier molecular flexibility index (Phi) is 16.2. The maximum absolute atomic E-state index is 2.53. The molecule has 546 valence electrons. The number of fused-ring (bicyclic) bond motifs is 18. The van der Waals surface area contributed by atoms with E-state index in [1.54, 1.807) is 0 Å². The zero-order valence-corrected chi connectivity index (χ0v) is 64.0. The Bertz CT molecular complexity index is 7320. The number of hydrogen-bond acceptors (Lipinski definition) is 1. The summed E-state index contributed by atoms with van der Waals surface area (Å²) in [6.45, 7) is 7.14. The van der Waals surface area contributed by atoms with E-state index in [1.165, 1.54) is 148 Å². The summed E-state index contributed by atoms with van der Waals surface area (Å²) >= 11 is 0. The van der Waals surface area contributed by atoms with Gasteiger partial charge in [0.1, 0.15) is 0 Å². The summed E-state index contributed by atoms with van der Waals surface area (Å²) in [6.07, 6.45) is 14.5. The molecule has 0 saturated heterocycles. The van der Waals surface area contributed by atoms with Crippen LogP contribution in [0.15, 0.2) is 358 Å². The summed E-state index contributed by atoms with van der Waals surface area (Å²) in [5, 5.41) is 15.1. The van der Waals surface area contributed by atoms with Gasteiger partial charge in [0.2, 0.25) is 0 Å². The second-order valence-electron chi connectivity index (χ2n) is 30.5. The van der Waals surface area contributed by atoms with Crippen LogP contribution in [-0.4, -0.2) is 27.4 Å². The Hall–Kier alpha value is -14.7. The molecule has 7 heteroatoms. The highest BCUT2D eigenvalue weighted by atomic mass is 15.1. The number of nitrogens with zero attached hydrogens (tertiary/aromatic N) is 7. The smallest absolute Gasteiger partial charge is 0.0541 e. The lowest BCUT2D eigenvalue weighted by atomic mass is 10.0. The van der Waals surface area contributed by atoms with Crippen molar-refractivity contribution >= 4 is 184 Å². The van der Waals surface area contributed by atoms with Crippen molar-refractivity contribution in [2.24, 2.45) is 0 Å². The van der Waals surface area contributed by atoms with Crippen molar-refractivity contribution in [2.75, 3.05) is 4.90 Å². The lowest BCUT2D eigenvalue weighted by Gasteiger charge is -2.26. The summed E-state index contributed by atoms with van der Waals surface area (Å²) in [5.41, 5.74) is 29.4. The van der Waals surface area contributed by atoms with Gasteiger partial charge in [0.25, 0.3) is 0 Å². The van der Waals surface area contributed by atoms with Crippen molar-refractivity contribution in [3.8, 4) is 17.1 Å². The van der Waals surface area contributed by atoms with Gasteiger partial charge in [0.05, 0.1) is 33.1 Å². The van der Waals surface area contributed by atoms with Crippen LogP contribution in [-0.2, 0) is 26.1 Å². The van der Waals surface area contributed by atoms with E-state index in [9.17, 15) is 0 Å². The third-order valence-electron chi connectivity index (χ3n) is 24.0. The van der Waals surface area contributed by atoms with Gasteiger partial charge in [-0.3, -0.25) is 0 Å². The summed E-state index contributed by atoms with van der Waals surface area (Å²) in [7, 11) is 0. The van der Waals surface area contributed by atoms with Crippen molar-refractivity contribution in [2.45, 2.75) is 39.9 Å². The van der Waals surface area contributed by atoms with E-state index in [-0.39, 0.29) is 0 Å². The first kappa shape index (κ1) is 67.3. The second-order valence-corrected chi connectivity index (χ2v) is 30.5. The van der Waals surface area contributed by atoms with Crippen molar-refractivity contribution in [1.82, 2.24) is 27.4 Å². The van der Waals surface area contributed by atoms with E-state index in [1.807, 2.05) is 0 Å². The van der Waals surface area contributed by atoms with Crippen molar-refractivity contribution < 1.29 is 0 Å². The van der Waals surface area contributed by atoms with Crippen molar-refractivity contribution in [1.29, 1.82) is 0 Å². The molecule has 0 aliphatic heterocycles. The number of aromatic nitrogens is 6. The normalized spacial score (nSPS) is 12.3. The molecular formula is C108H79N7. The SMILES string of the molecule is CCn1c2ccccc2c2cc(/C=C/c3cc(/C=C/c4ccc5c(c4)c4ccccc4n5CC)cc(/C=C/c4ccc5c(c4)c4ccccc4n5CCc4ccc5c(c4)c4ccccc4n5-c4ccc(N(c5ccc(-n6c7ccccc7c7ccccc76)cc5)c5ccc(-n6c7ccccc7c7ccccc76)cc5)cc4)c3)ccc21. The first-order chi connectivity index (χ1) is 56.9. The summed E-state index contributed by atoms with van der Waals surface area (Å²) in [4.78, 5) is 2.39. The molecule has 0 unspecified atom stereocenters. The van der Waals surface area contributed by atoms with Crippen LogP contribution in [0, 0.1) is 0 Å². The minimum atomic E-state index is 0.829. The third kappa shape index (κ3) is 11.4.